The Kier molecular flexibility index (Phi) is 6.10. The number of methoxy groups -OCH3 is 1. The third-order valence-corrected chi connectivity index (χ3v) is 4.92. The Bertz CT molecular complexity index is 883. The lowest BCUT2D eigenvalue weighted by atomic mass is 10.2. The second-order valence-corrected chi connectivity index (χ2v) is 7.69. The molecule has 0 fully saturated rings. The number of amides is 1. The zero-order chi connectivity index (χ0) is 19.3. The van der Waals surface area contributed by atoms with E-state index in [2.05, 4.69) is 5.32 Å². The number of carbonyl (C=O) groups excluding carboxylic acids is 1. The topological polar surface area (TPSA) is 84.9 Å². The predicted octanol–water partition coefficient (Wildman–Crippen LogP) is 2.50. The first-order chi connectivity index (χ1) is 12.2. The number of carbonyl (C=O) groups is 1. The summed E-state index contributed by atoms with van der Waals surface area (Å²) < 4.78 is 35.3. The third kappa shape index (κ3) is 4.89. The molecular weight excluding hydrogens is 356 g/mol. The Labute approximate surface area is 153 Å². The SMILES string of the molecule is COc1ccccc1O[C@@H](C)C(=O)Nc1cccc(N(C)S(C)(=O)=O)c1. The number of para-hydroxylation sites is 2. The third-order valence-electron chi connectivity index (χ3n) is 3.72. The second kappa shape index (κ2) is 8.09. The number of nitrogens with one attached hydrogen (secondary N) is 1. The van der Waals surface area contributed by atoms with E-state index in [9.17, 15) is 13.2 Å². The largest absolute Gasteiger partial charge is 0.493 e. The van der Waals surface area contributed by atoms with E-state index in [0.29, 0.717) is 22.9 Å². The smallest absolute Gasteiger partial charge is 0.265 e. The average molecular weight is 378 g/mol. The molecule has 1 atom stereocenters. The molecule has 0 aliphatic rings. The van der Waals surface area contributed by atoms with Crippen molar-refractivity contribution in [2.75, 3.05) is 30.0 Å². The van der Waals surface area contributed by atoms with Gasteiger partial charge < -0.3 is 14.8 Å². The number of rotatable bonds is 7. The molecule has 140 valence electrons. The van der Waals surface area contributed by atoms with Crippen LogP contribution in [0.4, 0.5) is 11.4 Å². The van der Waals surface area contributed by atoms with Gasteiger partial charge in [-0.3, -0.25) is 9.10 Å². The molecular formula is C18H22N2O5S. The van der Waals surface area contributed by atoms with Gasteiger partial charge in [0.1, 0.15) is 0 Å². The number of benzene rings is 2. The predicted molar refractivity (Wildman–Crippen MR) is 101 cm³/mol. The van der Waals surface area contributed by atoms with Gasteiger partial charge in [0.2, 0.25) is 10.0 Å². The summed E-state index contributed by atoms with van der Waals surface area (Å²) in [6.45, 7) is 1.62. The average Bonchev–Trinajstić information content (AvgIpc) is 2.60. The van der Waals surface area contributed by atoms with Crippen molar-refractivity contribution in [3.8, 4) is 11.5 Å². The highest BCUT2D eigenvalue weighted by Gasteiger charge is 2.18. The zero-order valence-corrected chi connectivity index (χ0v) is 15.9. The van der Waals surface area contributed by atoms with E-state index in [0.717, 1.165) is 10.6 Å². The van der Waals surface area contributed by atoms with Crippen molar-refractivity contribution < 1.29 is 22.7 Å². The molecule has 2 aromatic carbocycles. The molecule has 7 nitrogen and oxygen atoms in total. The minimum absolute atomic E-state index is 0.366. The lowest BCUT2D eigenvalue weighted by Crippen LogP contribution is -2.30. The molecule has 2 aromatic rings. The highest BCUT2D eigenvalue weighted by Crippen LogP contribution is 2.27. The van der Waals surface area contributed by atoms with Gasteiger partial charge in [-0.2, -0.15) is 0 Å². The molecule has 0 unspecified atom stereocenters. The molecule has 0 spiro atoms. The molecule has 8 heteroatoms. The first-order valence-electron chi connectivity index (χ1n) is 7.87. The number of nitrogens with zero attached hydrogens (tertiary/aromatic N) is 1. The van der Waals surface area contributed by atoms with Gasteiger partial charge in [-0.1, -0.05) is 18.2 Å². The van der Waals surface area contributed by atoms with Crippen molar-refractivity contribution in [3.63, 3.8) is 0 Å². The molecule has 0 heterocycles. The summed E-state index contributed by atoms with van der Waals surface area (Å²) in [4.78, 5) is 12.4. The van der Waals surface area contributed by atoms with Crippen LogP contribution in [0, 0.1) is 0 Å². The molecule has 2 rings (SSSR count). The van der Waals surface area contributed by atoms with Crippen LogP contribution in [0.1, 0.15) is 6.92 Å². The maximum absolute atomic E-state index is 12.4. The standard InChI is InChI=1S/C18H22N2O5S/c1-13(25-17-11-6-5-10-16(17)24-3)18(21)19-14-8-7-9-15(12-14)20(2)26(4,22)23/h5-13H,1-4H3,(H,19,21)/t13-/m0/s1. The lowest BCUT2D eigenvalue weighted by Gasteiger charge is -2.19. The summed E-state index contributed by atoms with van der Waals surface area (Å²) in [7, 11) is -0.411. The Morgan fingerprint density at radius 1 is 1.12 bits per heavy atom. The van der Waals surface area contributed by atoms with Crippen molar-refractivity contribution in [2.24, 2.45) is 0 Å². The second-order valence-electron chi connectivity index (χ2n) is 5.68. The summed E-state index contributed by atoms with van der Waals surface area (Å²) >= 11 is 0. The minimum Gasteiger partial charge on any atom is -0.493 e. The molecule has 0 bridgehead atoms. The van der Waals surface area contributed by atoms with Gasteiger partial charge in [0.15, 0.2) is 17.6 Å². The van der Waals surface area contributed by atoms with Crippen molar-refractivity contribution in [1.29, 1.82) is 0 Å². The normalized spacial score (nSPS) is 12.2. The van der Waals surface area contributed by atoms with Crippen molar-refractivity contribution in [2.45, 2.75) is 13.0 Å². The van der Waals surface area contributed by atoms with Gasteiger partial charge in [-0.15, -0.1) is 0 Å². The van der Waals surface area contributed by atoms with Crippen LogP contribution in [-0.4, -0.2) is 40.8 Å². The first-order valence-corrected chi connectivity index (χ1v) is 9.71. The van der Waals surface area contributed by atoms with Gasteiger partial charge in [-0.05, 0) is 37.3 Å². The molecule has 0 aliphatic carbocycles. The van der Waals surface area contributed by atoms with Gasteiger partial charge in [0.25, 0.3) is 5.91 Å². The first kappa shape index (κ1) is 19.6. The summed E-state index contributed by atoms with van der Waals surface area (Å²) in [6, 6.07) is 13.6. The highest BCUT2D eigenvalue weighted by atomic mass is 32.2. The number of hydrogen-bond acceptors (Lipinski definition) is 5. The molecule has 0 radical (unpaired) electrons. The molecule has 0 saturated heterocycles. The lowest BCUT2D eigenvalue weighted by molar-refractivity contribution is -0.122. The number of sulfonamides is 1. The quantitative estimate of drug-likeness (QED) is 0.800. The van der Waals surface area contributed by atoms with Crippen molar-refractivity contribution in [3.05, 3.63) is 48.5 Å². The van der Waals surface area contributed by atoms with Gasteiger partial charge in [0, 0.05) is 12.7 Å². The molecule has 0 aliphatic heterocycles. The van der Waals surface area contributed by atoms with Crippen molar-refractivity contribution in [1.82, 2.24) is 0 Å². The number of anilines is 2. The van der Waals surface area contributed by atoms with E-state index in [-0.39, 0.29) is 5.91 Å². The van der Waals surface area contributed by atoms with E-state index in [1.807, 2.05) is 0 Å². The molecule has 1 N–H and O–H groups in total. The molecule has 26 heavy (non-hydrogen) atoms. The van der Waals surface area contributed by atoms with Gasteiger partial charge >= 0.3 is 0 Å². The van der Waals surface area contributed by atoms with Crippen LogP contribution < -0.4 is 19.1 Å². The van der Waals surface area contributed by atoms with E-state index < -0.39 is 16.1 Å². The van der Waals surface area contributed by atoms with E-state index in [4.69, 9.17) is 9.47 Å². The van der Waals surface area contributed by atoms with Crippen LogP contribution in [0.3, 0.4) is 0 Å². The molecule has 1 amide bonds. The molecule has 0 saturated carbocycles. The van der Waals surface area contributed by atoms with Crippen LogP contribution in [0.15, 0.2) is 48.5 Å². The van der Waals surface area contributed by atoms with Crippen LogP contribution in [-0.2, 0) is 14.8 Å². The number of hydrogen-bond donors (Lipinski definition) is 1. The summed E-state index contributed by atoms with van der Waals surface area (Å²) in [5, 5.41) is 2.72. The highest BCUT2D eigenvalue weighted by molar-refractivity contribution is 7.92. The van der Waals surface area contributed by atoms with Crippen LogP contribution in [0.2, 0.25) is 0 Å². The fourth-order valence-corrected chi connectivity index (χ4v) is 2.67. The van der Waals surface area contributed by atoms with Crippen LogP contribution in [0.5, 0.6) is 11.5 Å². The monoisotopic (exact) mass is 378 g/mol. The van der Waals surface area contributed by atoms with Crippen molar-refractivity contribution >= 4 is 27.3 Å². The summed E-state index contributed by atoms with van der Waals surface area (Å²) in [5.74, 6) is 0.627. The van der Waals surface area contributed by atoms with Crippen LogP contribution in [0.25, 0.3) is 0 Å². The summed E-state index contributed by atoms with van der Waals surface area (Å²) in [6.07, 6.45) is 0.337. The van der Waals surface area contributed by atoms with E-state index >= 15 is 0 Å². The Morgan fingerprint density at radius 3 is 2.38 bits per heavy atom. The zero-order valence-electron chi connectivity index (χ0n) is 15.1. The van der Waals surface area contributed by atoms with Gasteiger partial charge in [-0.25, -0.2) is 8.42 Å². The fourth-order valence-electron chi connectivity index (χ4n) is 2.18. The molecule has 0 aromatic heterocycles. The Hall–Kier alpha value is -2.74. The van der Waals surface area contributed by atoms with Crippen LogP contribution >= 0.6 is 0 Å². The Morgan fingerprint density at radius 2 is 1.77 bits per heavy atom. The summed E-state index contributed by atoms with van der Waals surface area (Å²) in [5.41, 5.74) is 0.919. The Balaban J connectivity index is 2.10. The fraction of sp³-hybridized carbons (Fsp3) is 0.278. The maximum atomic E-state index is 12.4. The minimum atomic E-state index is -3.38. The maximum Gasteiger partial charge on any atom is 0.265 e. The number of ether oxygens (including phenoxy) is 2. The van der Waals surface area contributed by atoms with Gasteiger partial charge in [0.05, 0.1) is 19.1 Å². The van der Waals surface area contributed by atoms with E-state index in [1.54, 1.807) is 55.5 Å². The van der Waals surface area contributed by atoms with E-state index in [1.165, 1.54) is 14.2 Å².